The summed E-state index contributed by atoms with van der Waals surface area (Å²) in [5, 5.41) is 14.1. The summed E-state index contributed by atoms with van der Waals surface area (Å²) in [6, 6.07) is 6.78. The lowest BCUT2D eigenvalue weighted by Gasteiger charge is -2.07. The van der Waals surface area contributed by atoms with Gasteiger partial charge >= 0.3 is 0 Å². The van der Waals surface area contributed by atoms with Crippen LogP contribution in [0.25, 0.3) is 0 Å². The SMILES string of the molecule is O=C(NCc1ccc2c(c1)OCO2)c1c[n+]([O-])ccc1Cl. The molecule has 0 bridgehead atoms. The van der Waals surface area contributed by atoms with Crippen molar-refractivity contribution in [2.24, 2.45) is 0 Å². The van der Waals surface area contributed by atoms with Crippen LogP contribution in [0.15, 0.2) is 36.7 Å². The fourth-order valence-corrected chi connectivity index (χ4v) is 2.15. The van der Waals surface area contributed by atoms with Gasteiger partial charge in [0.15, 0.2) is 23.9 Å². The number of ether oxygens (including phenoxy) is 2. The standard InChI is InChI=1S/C14H11ClN2O4/c15-11-3-4-17(19)7-10(11)14(18)16-6-9-1-2-12-13(5-9)21-8-20-12/h1-5,7H,6,8H2,(H,16,18). The monoisotopic (exact) mass is 306 g/mol. The maximum Gasteiger partial charge on any atom is 0.259 e. The Morgan fingerprint density at radius 3 is 3.00 bits per heavy atom. The minimum Gasteiger partial charge on any atom is -0.619 e. The van der Waals surface area contributed by atoms with Gasteiger partial charge in [0.1, 0.15) is 5.56 Å². The van der Waals surface area contributed by atoms with E-state index in [4.69, 9.17) is 21.1 Å². The molecule has 0 spiro atoms. The molecule has 1 aliphatic rings. The largest absolute Gasteiger partial charge is 0.619 e. The minimum atomic E-state index is -0.414. The first-order valence-electron chi connectivity index (χ1n) is 6.18. The van der Waals surface area contributed by atoms with Crippen LogP contribution in [0.3, 0.4) is 0 Å². The molecular formula is C14H11ClN2O4. The summed E-state index contributed by atoms with van der Waals surface area (Å²) in [5.41, 5.74) is 0.990. The molecule has 0 fully saturated rings. The van der Waals surface area contributed by atoms with Crippen molar-refractivity contribution in [3.05, 3.63) is 58.0 Å². The van der Waals surface area contributed by atoms with Crippen molar-refractivity contribution >= 4 is 17.5 Å². The molecule has 6 nitrogen and oxygen atoms in total. The van der Waals surface area contributed by atoms with Crippen molar-refractivity contribution in [1.29, 1.82) is 0 Å². The quantitative estimate of drug-likeness (QED) is 0.691. The number of amides is 1. The van der Waals surface area contributed by atoms with E-state index in [-0.39, 0.29) is 17.4 Å². The number of nitrogens with zero attached hydrogens (tertiary/aromatic N) is 1. The number of hydrogen-bond donors (Lipinski definition) is 1. The Balaban J connectivity index is 1.70. The van der Waals surface area contributed by atoms with Crippen molar-refractivity contribution in [2.75, 3.05) is 6.79 Å². The predicted octanol–water partition coefficient (Wildman–Crippen LogP) is 1.63. The van der Waals surface area contributed by atoms with Crippen molar-refractivity contribution < 1.29 is 19.0 Å². The van der Waals surface area contributed by atoms with Crippen molar-refractivity contribution in [3.8, 4) is 11.5 Å². The molecule has 0 aliphatic carbocycles. The Kier molecular flexibility index (Phi) is 3.53. The number of rotatable bonds is 3. The van der Waals surface area contributed by atoms with E-state index in [0.717, 1.165) is 11.8 Å². The number of hydrogen-bond acceptors (Lipinski definition) is 4. The van der Waals surface area contributed by atoms with Gasteiger partial charge in [0.05, 0.1) is 5.02 Å². The van der Waals surface area contributed by atoms with E-state index >= 15 is 0 Å². The highest BCUT2D eigenvalue weighted by Crippen LogP contribution is 2.32. The molecule has 0 radical (unpaired) electrons. The van der Waals surface area contributed by atoms with Gasteiger partial charge in [-0.25, -0.2) is 0 Å². The molecule has 1 aliphatic heterocycles. The van der Waals surface area contributed by atoms with E-state index < -0.39 is 5.91 Å². The van der Waals surface area contributed by atoms with Gasteiger partial charge in [0.2, 0.25) is 6.79 Å². The van der Waals surface area contributed by atoms with Crippen LogP contribution >= 0.6 is 11.6 Å². The van der Waals surface area contributed by atoms with Crippen LogP contribution in [0.1, 0.15) is 15.9 Å². The first-order chi connectivity index (χ1) is 10.1. The number of aromatic nitrogens is 1. The number of nitrogens with one attached hydrogen (secondary N) is 1. The van der Waals surface area contributed by atoms with E-state index in [1.165, 1.54) is 12.3 Å². The van der Waals surface area contributed by atoms with E-state index in [0.29, 0.717) is 22.8 Å². The second kappa shape index (κ2) is 5.49. The van der Waals surface area contributed by atoms with Crippen LogP contribution in [0, 0.1) is 5.21 Å². The van der Waals surface area contributed by atoms with E-state index in [9.17, 15) is 10.0 Å². The van der Waals surface area contributed by atoms with Gasteiger partial charge in [-0.2, -0.15) is 4.73 Å². The fourth-order valence-electron chi connectivity index (χ4n) is 1.96. The summed E-state index contributed by atoms with van der Waals surface area (Å²) >= 11 is 5.90. The molecule has 0 saturated heterocycles. The Morgan fingerprint density at radius 2 is 2.14 bits per heavy atom. The van der Waals surface area contributed by atoms with Crippen LogP contribution in [0.5, 0.6) is 11.5 Å². The Bertz CT molecular complexity index is 705. The van der Waals surface area contributed by atoms with Crippen LogP contribution in [-0.2, 0) is 6.54 Å². The van der Waals surface area contributed by atoms with Gasteiger partial charge in [-0.1, -0.05) is 17.7 Å². The van der Waals surface area contributed by atoms with Gasteiger partial charge in [-0.05, 0) is 17.7 Å². The lowest BCUT2D eigenvalue weighted by molar-refractivity contribution is -0.605. The summed E-state index contributed by atoms with van der Waals surface area (Å²) in [5.74, 6) is 0.920. The second-order valence-corrected chi connectivity index (χ2v) is 4.84. The van der Waals surface area contributed by atoms with E-state index in [2.05, 4.69) is 5.32 Å². The third-order valence-corrected chi connectivity index (χ3v) is 3.35. The molecular weight excluding hydrogens is 296 g/mol. The minimum absolute atomic E-state index is 0.134. The average molecular weight is 307 g/mol. The van der Waals surface area contributed by atoms with Gasteiger partial charge in [0, 0.05) is 12.6 Å². The molecule has 2 heterocycles. The second-order valence-electron chi connectivity index (χ2n) is 4.44. The van der Waals surface area contributed by atoms with Crippen LogP contribution in [0.2, 0.25) is 5.02 Å². The van der Waals surface area contributed by atoms with Crippen LogP contribution < -0.4 is 19.5 Å². The van der Waals surface area contributed by atoms with Crippen LogP contribution in [-0.4, -0.2) is 12.7 Å². The average Bonchev–Trinajstić information content (AvgIpc) is 2.94. The first kappa shape index (κ1) is 13.5. The topological polar surface area (TPSA) is 74.5 Å². The Morgan fingerprint density at radius 1 is 1.33 bits per heavy atom. The highest BCUT2D eigenvalue weighted by atomic mass is 35.5. The predicted molar refractivity (Wildman–Crippen MR) is 74.1 cm³/mol. The molecule has 7 heteroatoms. The third kappa shape index (κ3) is 2.85. The number of halogens is 1. The third-order valence-electron chi connectivity index (χ3n) is 3.02. The van der Waals surface area contributed by atoms with Gasteiger partial charge in [0.25, 0.3) is 5.91 Å². The van der Waals surface area contributed by atoms with Crippen molar-refractivity contribution in [1.82, 2.24) is 5.32 Å². The van der Waals surface area contributed by atoms with Gasteiger partial charge in [-0.15, -0.1) is 0 Å². The lowest BCUT2D eigenvalue weighted by Crippen LogP contribution is -2.30. The van der Waals surface area contributed by atoms with E-state index in [1.54, 1.807) is 12.1 Å². The fraction of sp³-hybridized carbons (Fsp3) is 0.143. The molecule has 0 unspecified atom stereocenters. The Hall–Kier alpha value is -2.47. The summed E-state index contributed by atoms with van der Waals surface area (Å²) < 4.78 is 11.0. The zero-order valence-corrected chi connectivity index (χ0v) is 11.6. The molecule has 2 aromatic rings. The molecule has 0 saturated carbocycles. The van der Waals surface area contributed by atoms with Gasteiger partial charge < -0.3 is 20.0 Å². The molecule has 1 amide bonds. The molecule has 0 atom stereocenters. The smallest absolute Gasteiger partial charge is 0.259 e. The highest BCUT2D eigenvalue weighted by molar-refractivity contribution is 6.33. The zero-order chi connectivity index (χ0) is 14.8. The summed E-state index contributed by atoms with van der Waals surface area (Å²) in [6.45, 7) is 0.494. The number of pyridine rings is 1. The number of carbonyl (C=O) groups is 1. The summed E-state index contributed by atoms with van der Waals surface area (Å²) in [4.78, 5) is 12.0. The maximum atomic E-state index is 12.0. The molecule has 1 aromatic heterocycles. The maximum absolute atomic E-state index is 12.0. The number of fused-ring (bicyclic) bond motifs is 1. The molecule has 1 aromatic carbocycles. The number of carbonyl (C=O) groups excluding carboxylic acids is 1. The summed E-state index contributed by atoms with van der Waals surface area (Å²) in [7, 11) is 0. The van der Waals surface area contributed by atoms with Crippen LogP contribution in [0.4, 0.5) is 0 Å². The first-order valence-corrected chi connectivity index (χ1v) is 6.56. The molecule has 3 rings (SSSR count). The molecule has 1 N–H and O–H groups in total. The highest BCUT2D eigenvalue weighted by Gasteiger charge is 2.16. The Labute approximate surface area is 125 Å². The summed E-state index contributed by atoms with van der Waals surface area (Å²) in [6.07, 6.45) is 2.37. The zero-order valence-electron chi connectivity index (χ0n) is 10.8. The van der Waals surface area contributed by atoms with E-state index in [1.807, 2.05) is 6.07 Å². The lowest BCUT2D eigenvalue weighted by atomic mass is 10.2. The van der Waals surface area contributed by atoms with Crippen molar-refractivity contribution in [2.45, 2.75) is 6.54 Å². The normalized spacial score (nSPS) is 12.2. The van der Waals surface area contributed by atoms with Gasteiger partial charge in [-0.3, -0.25) is 4.79 Å². The van der Waals surface area contributed by atoms with Crippen molar-refractivity contribution in [3.63, 3.8) is 0 Å². The number of benzene rings is 1. The molecule has 108 valence electrons. The molecule has 21 heavy (non-hydrogen) atoms.